The van der Waals surface area contributed by atoms with E-state index >= 15 is 0 Å². The summed E-state index contributed by atoms with van der Waals surface area (Å²) in [5, 5.41) is 4.49. The summed E-state index contributed by atoms with van der Waals surface area (Å²) in [6.07, 6.45) is 0.765. The molecule has 1 aromatic rings. The van der Waals surface area contributed by atoms with E-state index in [1.807, 2.05) is 13.8 Å². The highest BCUT2D eigenvalue weighted by Gasteiger charge is 2.32. The molecule has 0 saturated carbocycles. The first kappa shape index (κ1) is 15.7. The number of aromatic nitrogens is 1. The Kier molecular flexibility index (Phi) is 5.36. The van der Waals surface area contributed by atoms with Gasteiger partial charge >= 0.3 is 0 Å². The summed E-state index contributed by atoms with van der Waals surface area (Å²) in [4.78, 5) is 0.200. The van der Waals surface area contributed by atoms with Gasteiger partial charge in [0, 0.05) is 17.9 Å². The highest BCUT2D eigenvalue weighted by Crippen LogP contribution is 2.24. The van der Waals surface area contributed by atoms with Gasteiger partial charge in [-0.2, -0.15) is 4.31 Å². The fourth-order valence-electron chi connectivity index (χ4n) is 1.83. The van der Waals surface area contributed by atoms with Crippen LogP contribution >= 0.6 is 15.9 Å². The maximum absolute atomic E-state index is 12.6. The molecule has 1 heterocycles. The van der Waals surface area contributed by atoms with Gasteiger partial charge in [0.1, 0.15) is 10.6 Å². The lowest BCUT2D eigenvalue weighted by Crippen LogP contribution is -2.38. The van der Waals surface area contributed by atoms with Crippen LogP contribution in [0, 0.1) is 13.8 Å². The second-order valence-electron chi connectivity index (χ2n) is 4.41. The molecule has 18 heavy (non-hydrogen) atoms. The third-order valence-corrected chi connectivity index (χ3v) is 5.50. The van der Waals surface area contributed by atoms with Crippen LogP contribution in [0.4, 0.5) is 0 Å². The van der Waals surface area contributed by atoms with Crippen LogP contribution in [0.2, 0.25) is 0 Å². The minimum Gasteiger partial charge on any atom is -0.360 e. The van der Waals surface area contributed by atoms with E-state index in [9.17, 15) is 8.42 Å². The molecule has 0 aromatic carbocycles. The van der Waals surface area contributed by atoms with Crippen molar-refractivity contribution in [3.05, 3.63) is 11.5 Å². The highest BCUT2D eigenvalue weighted by atomic mass is 79.9. The molecule has 7 heteroatoms. The van der Waals surface area contributed by atoms with E-state index in [4.69, 9.17) is 4.52 Å². The van der Waals surface area contributed by atoms with Gasteiger partial charge in [-0.3, -0.25) is 0 Å². The van der Waals surface area contributed by atoms with E-state index in [-0.39, 0.29) is 10.9 Å². The molecule has 0 atom stereocenters. The summed E-state index contributed by atoms with van der Waals surface area (Å²) < 4.78 is 31.6. The van der Waals surface area contributed by atoms with Crippen LogP contribution in [0.5, 0.6) is 0 Å². The molecule has 5 nitrogen and oxygen atoms in total. The molecule has 1 rings (SSSR count). The zero-order valence-electron chi connectivity index (χ0n) is 11.1. The lowest BCUT2D eigenvalue weighted by molar-refractivity contribution is 0.353. The third kappa shape index (κ3) is 3.13. The number of nitrogens with zero attached hydrogens (tertiary/aromatic N) is 2. The molecule has 0 N–H and O–H groups in total. The summed E-state index contributed by atoms with van der Waals surface area (Å²) in [6, 6.07) is -0.0947. The van der Waals surface area contributed by atoms with Gasteiger partial charge < -0.3 is 4.52 Å². The Morgan fingerprint density at radius 3 is 2.39 bits per heavy atom. The molecule has 0 saturated heterocycles. The third-order valence-electron chi connectivity index (χ3n) is 2.62. The second-order valence-corrected chi connectivity index (χ2v) is 7.03. The molecule has 0 fully saturated rings. The van der Waals surface area contributed by atoms with Crippen LogP contribution in [-0.4, -0.2) is 35.8 Å². The normalized spacial score (nSPS) is 12.6. The van der Waals surface area contributed by atoms with E-state index in [2.05, 4.69) is 21.1 Å². The van der Waals surface area contributed by atoms with Gasteiger partial charge in [-0.15, -0.1) is 0 Å². The van der Waals surface area contributed by atoms with E-state index in [1.165, 1.54) is 4.31 Å². The van der Waals surface area contributed by atoms with Crippen molar-refractivity contribution >= 4 is 26.0 Å². The minimum absolute atomic E-state index is 0.0947. The summed E-state index contributed by atoms with van der Waals surface area (Å²) in [5.41, 5.74) is 0.414. The lowest BCUT2D eigenvalue weighted by Gasteiger charge is -2.25. The summed E-state index contributed by atoms with van der Waals surface area (Å²) in [7, 11) is -3.53. The van der Waals surface area contributed by atoms with Crippen LogP contribution < -0.4 is 0 Å². The molecule has 0 aliphatic heterocycles. The minimum atomic E-state index is -3.53. The maximum atomic E-state index is 12.6. The zero-order valence-corrected chi connectivity index (χ0v) is 13.5. The molecule has 0 amide bonds. The van der Waals surface area contributed by atoms with Crippen molar-refractivity contribution in [3.63, 3.8) is 0 Å². The van der Waals surface area contributed by atoms with Crippen molar-refractivity contribution in [1.82, 2.24) is 9.46 Å². The second kappa shape index (κ2) is 6.16. The predicted octanol–water partition coefficient (Wildman–Crippen LogP) is 2.48. The number of rotatable bonds is 6. The van der Waals surface area contributed by atoms with Gasteiger partial charge in [-0.05, 0) is 34.1 Å². The van der Waals surface area contributed by atoms with Gasteiger partial charge in [0.15, 0.2) is 5.76 Å². The van der Waals surface area contributed by atoms with E-state index in [1.54, 1.807) is 13.8 Å². The van der Waals surface area contributed by atoms with Crippen LogP contribution in [0.25, 0.3) is 0 Å². The largest absolute Gasteiger partial charge is 0.360 e. The molecule has 1 aromatic heterocycles. The van der Waals surface area contributed by atoms with Crippen molar-refractivity contribution in [1.29, 1.82) is 0 Å². The van der Waals surface area contributed by atoms with Gasteiger partial charge in [0.05, 0.1) is 0 Å². The van der Waals surface area contributed by atoms with E-state index < -0.39 is 10.0 Å². The Morgan fingerprint density at radius 1 is 1.39 bits per heavy atom. The van der Waals surface area contributed by atoms with Gasteiger partial charge in [-0.1, -0.05) is 21.1 Å². The van der Waals surface area contributed by atoms with Gasteiger partial charge in [0.25, 0.3) is 0 Å². The Balaban J connectivity index is 3.17. The number of sulfonamides is 1. The SMILES string of the molecule is Cc1noc(C)c1S(=O)(=O)N(CCCBr)C(C)C. The molecule has 0 bridgehead atoms. The van der Waals surface area contributed by atoms with E-state index in [0.717, 1.165) is 11.8 Å². The Bertz CT molecular complexity index is 477. The fraction of sp³-hybridized carbons (Fsp3) is 0.727. The van der Waals surface area contributed by atoms with Crippen molar-refractivity contribution in [2.24, 2.45) is 0 Å². The standard InChI is InChI=1S/C11H19BrN2O3S/c1-8(2)14(7-5-6-12)18(15,16)11-9(3)13-17-10(11)4/h8H,5-7H2,1-4H3. The molecule has 0 radical (unpaired) electrons. The van der Waals surface area contributed by atoms with Crippen molar-refractivity contribution in [2.45, 2.75) is 45.1 Å². The van der Waals surface area contributed by atoms with Crippen LogP contribution in [-0.2, 0) is 10.0 Å². The quantitative estimate of drug-likeness (QED) is 0.747. The number of hydrogen-bond acceptors (Lipinski definition) is 4. The van der Waals surface area contributed by atoms with Crippen LogP contribution in [0.3, 0.4) is 0 Å². The number of alkyl halides is 1. The van der Waals surface area contributed by atoms with Crippen molar-refractivity contribution in [2.75, 3.05) is 11.9 Å². The monoisotopic (exact) mass is 338 g/mol. The molecule has 0 aliphatic rings. The van der Waals surface area contributed by atoms with Crippen LogP contribution in [0.1, 0.15) is 31.7 Å². The topological polar surface area (TPSA) is 63.4 Å². The van der Waals surface area contributed by atoms with Crippen molar-refractivity contribution in [3.8, 4) is 0 Å². The lowest BCUT2D eigenvalue weighted by atomic mass is 10.4. The summed E-state index contributed by atoms with van der Waals surface area (Å²) >= 11 is 3.32. The fourth-order valence-corrected chi connectivity index (χ4v) is 4.05. The number of hydrogen-bond donors (Lipinski definition) is 0. The smallest absolute Gasteiger partial charge is 0.248 e. The highest BCUT2D eigenvalue weighted by molar-refractivity contribution is 9.09. The Morgan fingerprint density at radius 2 is 2.00 bits per heavy atom. The predicted molar refractivity (Wildman–Crippen MR) is 73.4 cm³/mol. The average Bonchev–Trinajstić information content (AvgIpc) is 2.58. The molecule has 104 valence electrons. The zero-order chi connectivity index (χ0) is 13.9. The first-order chi connectivity index (χ1) is 8.32. The Labute approximate surface area is 117 Å². The van der Waals surface area contributed by atoms with Gasteiger partial charge in [-0.25, -0.2) is 8.42 Å². The summed E-state index contributed by atoms with van der Waals surface area (Å²) in [6.45, 7) is 7.48. The molecule has 0 aliphatic carbocycles. The van der Waals surface area contributed by atoms with E-state index in [0.29, 0.717) is 18.0 Å². The first-order valence-electron chi connectivity index (χ1n) is 5.83. The molecule has 0 spiro atoms. The summed E-state index contributed by atoms with van der Waals surface area (Å²) in [5.74, 6) is 0.344. The van der Waals surface area contributed by atoms with Crippen LogP contribution in [0.15, 0.2) is 9.42 Å². The van der Waals surface area contributed by atoms with Gasteiger partial charge in [0.2, 0.25) is 10.0 Å². The number of aryl methyl sites for hydroxylation is 2. The molecule has 0 unspecified atom stereocenters. The first-order valence-corrected chi connectivity index (χ1v) is 8.39. The molecular formula is C11H19BrN2O3S. The average molecular weight is 339 g/mol. The maximum Gasteiger partial charge on any atom is 0.248 e. The Hall–Kier alpha value is -0.400. The molecular weight excluding hydrogens is 320 g/mol. The van der Waals surface area contributed by atoms with Crippen molar-refractivity contribution < 1.29 is 12.9 Å². The number of halogens is 1.